The maximum absolute atomic E-state index is 10.8. The Kier molecular flexibility index (Phi) is 4.05. The van der Waals surface area contributed by atoms with Crippen LogP contribution in [0.2, 0.25) is 0 Å². The molecule has 0 saturated carbocycles. The number of benzene rings is 1. The zero-order valence-electron chi connectivity index (χ0n) is 9.66. The van der Waals surface area contributed by atoms with E-state index in [1.807, 2.05) is 19.1 Å². The van der Waals surface area contributed by atoms with Crippen LogP contribution in [0.25, 0.3) is 0 Å². The molecule has 0 heterocycles. The van der Waals surface area contributed by atoms with E-state index in [-0.39, 0.29) is 18.5 Å². The van der Waals surface area contributed by atoms with E-state index < -0.39 is 0 Å². The first-order valence-electron chi connectivity index (χ1n) is 4.99. The van der Waals surface area contributed by atoms with Crippen molar-refractivity contribution in [1.29, 1.82) is 0 Å². The first kappa shape index (κ1) is 12.2. The topological polar surface area (TPSA) is 55.4 Å². The van der Waals surface area contributed by atoms with Crippen LogP contribution in [0, 0.1) is 6.92 Å². The van der Waals surface area contributed by atoms with E-state index >= 15 is 0 Å². The highest BCUT2D eigenvalue weighted by atomic mass is 16.5. The normalized spacial score (nSPS) is 9.69. The van der Waals surface area contributed by atoms with Crippen molar-refractivity contribution >= 4 is 17.6 Å². The minimum Gasteiger partial charge on any atom is -0.461 e. The van der Waals surface area contributed by atoms with Crippen LogP contribution in [0.3, 0.4) is 0 Å². The molecule has 0 aliphatic carbocycles. The van der Waals surface area contributed by atoms with Gasteiger partial charge in [-0.2, -0.15) is 0 Å². The molecule has 0 aliphatic heterocycles. The number of amides is 1. The SMILES string of the molecule is CC(=O)Nc1ccc(COC(C)=O)c(C)c1. The molecule has 0 fully saturated rings. The van der Waals surface area contributed by atoms with Crippen LogP contribution >= 0.6 is 0 Å². The lowest BCUT2D eigenvalue weighted by Crippen LogP contribution is -2.06. The standard InChI is InChI=1S/C12H15NO3/c1-8-6-12(13-9(2)14)5-4-11(8)7-16-10(3)15/h4-6H,7H2,1-3H3,(H,13,14). The average molecular weight is 221 g/mol. The van der Waals surface area contributed by atoms with E-state index in [9.17, 15) is 9.59 Å². The van der Waals surface area contributed by atoms with Crippen molar-refractivity contribution in [2.75, 3.05) is 5.32 Å². The number of carbonyl (C=O) groups is 2. The van der Waals surface area contributed by atoms with Crippen LogP contribution < -0.4 is 5.32 Å². The number of rotatable bonds is 3. The molecule has 1 N–H and O–H groups in total. The first-order valence-corrected chi connectivity index (χ1v) is 4.99. The molecule has 16 heavy (non-hydrogen) atoms. The van der Waals surface area contributed by atoms with Crippen LogP contribution in [0.1, 0.15) is 25.0 Å². The summed E-state index contributed by atoms with van der Waals surface area (Å²) in [7, 11) is 0. The average Bonchev–Trinajstić information content (AvgIpc) is 2.15. The third kappa shape index (κ3) is 3.73. The molecule has 0 saturated heterocycles. The Morgan fingerprint density at radius 3 is 2.50 bits per heavy atom. The molecular weight excluding hydrogens is 206 g/mol. The first-order chi connectivity index (χ1) is 7.49. The largest absolute Gasteiger partial charge is 0.461 e. The third-order valence-corrected chi connectivity index (χ3v) is 2.09. The predicted molar refractivity (Wildman–Crippen MR) is 61.0 cm³/mol. The van der Waals surface area contributed by atoms with Gasteiger partial charge in [0.1, 0.15) is 6.61 Å². The van der Waals surface area contributed by atoms with Gasteiger partial charge in [0.25, 0.3) is 0 Å². The van der Waals surface area contributed by atoms with Crippen molar-refractivity contribution in [3.8, 4) is 0 Å². The van der Waals surface area contributed by atoms with Crippen molar-refractivity contribution in [2.45, 2.75) is 27.4 Å². The summed E-state index contributed by atoms with van der Waals surface area (Å²) in [4.78, 5) is 21.5. The number of carbonyl (C=O) groups excluding carboxylic acids is 2. The van der Waals surface area contributed by atoms with Gasteiger partial charge in [0.05, 0.1) is 0 Å². The molecule has 4 heteroatoms. The molecule has 1 aromatic carbocycles. The Hall–Kier alpha value is -1.84. The maximum Gasteiger partial charge on any atom is 0.302 e. The Balaban J connectivity index is 2.75. The van der Waals surface area contributed by atoms with E-state index in [0.29, 0.717) is 0 Å². The van der Waals surface area contributed by atoms with Crippen LogP contribution in [0.15, 0.2) is 18.2 Å². The van der Waals surface area contributed by atoms with Crippen LogP contribution in [0.4, 0.5) is 5.69 Å². The third-order valence-electron chi connectivity index (χ3n) is 2.09. The number of aryl methyl sites for hydroxylation is 1. The summed E-state index contributed by atoms with van der Waals surface area (Å²) in [6, 6.07) is 5.47. The molecule has 86 valence electrons. The second-order valence-corrected chi connectivity index (χ2v) is 3.60. The second kappa shape index (κ2) is 5.30. The van der Waals surface area contributed by atoms with E-state index in [4.69, 9.17) is 4.74 Å². The Bertz CT molecular complexity index is 413. The quantitative estimate of drug-likeness (QED) is 0.794. The molecule has 1 rings (SSSR count). The van der Waals surface area contributed by atoms with Gasteiger partial charge in [-0.05, 0) is 30.2 Å². The number of hydrogen-bond acceptors (Lipinski definition) is 3. The maximum atomic E-state index is 10.8. The van der Waals surface area contributed by atoms with Crippen LogP contribution in [0.5, 0.6) is 0 Å². The van der Waals surface area contributed by atoms with Gasteiger partial charge in [-0.25, -0.2) is 0 Å². The van der Waals surface area contributed by atoms with Gasteiger partial charge in [0.2, 0.25) is 5.91 Å². The van der Waals surface area contributed by atoms with Gasteiger partial charge in [-0.15, -0.1) is 0 Å². The van der Waals surface area contributed by atoms with E-state index in [0.717, 1.165) is 16.8 Å². The Morgan fingerprint density at radius 1 is 1.31 bits per heavy atom. The molecular formula is C12H15NO3. The fourth-order valence-electron chi connectivity index (χ4n) is 1.32. The molecule has 4 nitrogen and oxygen atoms in total. The molecule has 0 spiro atoms. The number of ether oxygens (including phenoxy) is 1. The minimum atomic E-state index is -0.301. The minimum absolute atomic E-state index is 0.105. The highest BCUT2D eigenvalue weighted by Crippen LogP contribution is 2.16. The van der Waals surface area contributed by atoms with E-state index in [2.05, 4.69) is 5.32 Å². The smallest absolute Gasteiger partial charge is 0.302 e. The van der Waals surface area contributed by atoms with Crippen LogP contribution in [-0.4, -0.2) is 11.9 Å². The molecule has 0 aliphatic rings. The monoisotopic (exact) mass is 221 g/mol. The fraction of sp³-hybridized carbons (Fsp3) is 0.333. The fourth-order valence-corrected chi connectivity index (χ4v) is 1.32. The lowest BCUT2D eigenvalue weighted by Gasteiger charge is -2.08. The number of hydrogen-bond donors (Lipinski definition) is 1. The molecule has 0 unspecified atom stereocenters. The van der Waals surface area contributed by atoms with E-state index in [1.165, 1.54) is 13.8 Å². The summed E-state index contributed by atoms with van der Waals surface area (Å²) in [5.74, 6) is -0.405. The van der Waals surface area contributed by atoms with Crippen molar-refractivity contribution in [3.63, 3.8) is 0 Å². The summed E-state index contributed by atoms with van der Waals surface area (Å²) in [6.45, 7) is 5.01. The van der Waals surface area contributed by atoms with Gasteiger partial charge >= 0.3 is 5.97 Å². The summed E-state index contributed by atoms with van der Waals surface area (Å²) in [6.07, 6.45) is 0. The lowest BCUT2D eigenvalue weighted by molar-refractivity contribution is -0.142. The molecule has 0 bridgehead atoms. The van der Waals surface area contributed by atoms with Gasteiger partial charge in [0, 0.05) is 19.5 Å². The molecule has 1 aromatic rings. The van der Waals surface area contributed by atoms with Crippen LogP contribution in [-0.2, 0) is 20.9 Å². The lowest BCUT2D eigenvalue weighted by atomic mass is 10.1. The van der Waals surface area contributed by atoms with Gasteiger partial charge in [-0.3, -0.25) is 9.59 Å². The van der Waals surface area contributed by atoms with Gasteiger partial charge < -0.3 is 10.1 Å². The van der Waals surface area contributed by atoms with Crippen molar-refractivity contribution in [3.05, 3.63) is 29.3 Å². The molecule has 0 aromatic heterocycles. The Labute approximate surface area is 94.6 Å². The molecule has 1 amide bonds. The predicted octanol–water partition coefficient (Wildman–Crippen LogP) is 2.02. The second-order valence-electron chi connectivity index (χ2n) is 3.60. The number of anilines is 1. The van der Waals surface area contributed by atoms with Crippen molar-refractivity contribution < 1.29 is 14.3 Å². The highest BCUT2D eigenvalue weighted by Gasteiger charge is 2.03. The van der Waals surface area contributed by atoms with Gasteiger partial charge in [0.15, 0.2) is 0 Å². The zero-order valence-corrected chi connectivity index (χ0v) is 9.66. The Morgan fingerprint density at radius 2 is 2.00 bits per heavy atom. The van der Waals surface area contributed by atoms with Crippen molar-refractivity contribution in [1.82, 2.24) is 0 Å². The summed E-state index contributed by atoms with van der Waals surface area (Å²) in [5, 5.41) is 2.69. The number of nitrogens with one attached hydrogen (secondary N) is 1. The zero-order chi connectivity index (χ0) is 12.1. The summed E-state index contributed by atoms with van der Waals surface area (Å²) >= 11 is 0. The summed E-state index contributed by atoms with van der Waals surface area (Å²) in [5.41, 5.74) is 2.66. The number of esters is 1. The molecule has 0 radical (unpaired) electrons. The molecule has 0 atom stereocenters. The van der Waals surface area contributed by atoms with E-state index in [1.54, 1.807) is 6.07 Å². The highest BCUT2D eigenvalue weighted by molar-refractivity contribution is 5.88. The van der Waals surface area contributed by atoms with Gasteiger partial charge in [-0.1, -0.05) is 6.07 Å². The summed E-state index contributed by atoms with van der Waals surface area (Å²) < 4.78 is 4.90. The van der Waals surface area contributed by atoms with Crippen molar-refractivity contribution in [2.24, 2.45) is 0 Å².